The first-order valence-corrected chi connectivity index (χ1v) is 11.7. The lowest BCUT2D eigenvalue weighted by atomic mass is 9.63. The monoisotopic (exact) mass is 437 g/mol. The molecule has 0 radical (unpaired) electrons. The van der Waals surface area contributed by atoms with Crippen LogP contribution >= 0.6 is 0 Å². The van der Waals surface area contributed by atoms with Gasteiger partial charge in [0.2, 0.25) is 11.8 Å². The van der Waals surface area contributed by atoms with E-state index in [0.717, 1.165) is 49.7 Å². The van der Waals surface area contributed by atoms with E-state index in [4.69, 9.17) is 0 Å². The van der Waals surface area contributed by atoms with Crippen LogP contribution in [0.3, 0.4) is 0 Å². The molecule has 1 aromatic heterocycles. The number of carbonyl (C=O) groups excluding carboxylic acids is 2. The summed E-state index contributed by atoms with van der Waals surface area (Å²) in [4.78, 5) is 32.8. The minimum Gasteiger partial charge on any atom is -0.345 e. The van der Waals surface area contributed by atoms with Gasteiger partial charge in [-0.05, 0) is 55.0 Å². The first-order valence-electron chi connectivity index (χ1n) is 11.7. The summed E-state index contributed by atoms with van der Waals surface area (Å²) in [5.74, 6) is -0.0554. The van der Waals surface area contributed by atoms with E-state index >= 15 is 0 Å². The fourth-order valence-corrected chi connectivity index (χ4v) is 5.41. The van der Waals surface area contributed by atoms with E-state index in [2.05, 4.69) is 10.3 Å². The SMILES string of the molecule is CN1CCC(C(=O)Nc2ccc(Cc3cccc(F)c3)cn2)C2(CCCCCCC2)C1=O. The lowest BCUT2D eigenvalue weighted by Crippen LogP contribution is -2.55. The van der Waals surface area contributed by atoms with Crippen LogP contribution in [0, 0.1) is 17.2 Å². The molecule has 1 atom stereocenters. The Balaban J connectivity index is 1.47. The Morgan fingerprint density at radius 1 is 1.12 bits per heavy atom. The molecule has 1 saturated heterocycles. The molecule has 2 aliphatic rings. The second-order valence-electron chi connectivity index (χ2n) is 9.34. The van der Waals surface area contributed by atoms with Crippen LogP contribution in [0.25, 0.3) is 0 Å². The summed E-state index contributed by atoms with van der Waals surface area (Å²) in [5.41, 5.74) is 1.23. The number of halogens is 1. The molecule has 2 heterocycles. The van der Waals surface area contributed by atoms with Gasteiger partial charge >= 0.3 is 0 Å². The zero-order valence-electron chi connectivity index (χ0n) is 18.8. The summed E-state index contributed by atoms with van der Waals surface area (Å²) in [6.07, 6.45) is 10.0. The number of benzene rings is 1. The van der Waals surface area contributed by atoms with E-state index in [1.54, 1.807) is 18.3 Å². The molecule has 6 heteroatoms. The molecule has 1 aliphatic carbocycles. The van der Waals surface area contributed by atoms with Gasteiger partial charge in [0, 0.05) is 19.8 Å². The van der Waals surface area contributed by atoms with Crippen molar-refractivity contribution in [2.45, 2.75) is 57.8 Å². The zero-order valence-corrected chi connectivity index (χ0v) is 18.8. The summed E-state index contributed by atoms with van der Waals surface area (Å²) in [6, 6.07) is 10.2. The molecule has 5 nitrogen and oxygen atoms in total. The summed E-state index contributed by atoms with van der Waals surface area (Å²) in [6.45, 7) is 0.610. The zero-order chi connectivity index (χ0) is 22.6. The Labute approximate surface area is 189 Å². The van der Waals surface area contributed by atoms with Crippen LogP contribution in [0.5, 0.6) is 0 Å². The van der Waals surface area contributed by atoms with Gasteiger partial charge in [0.15, 0.2) is 0 Å². The molecule has 2 amide bonds. The number of nitrogens with zero attached hydrogens (tertiary/aromatic N) is 2. The van der Waals surface area contributed by atoms with Gasteiger partial charge in [-0.3, -0.25) is 9.59 Å². The number of rotatable bonds is 4. The molecule has 1 spiro atoms. The Morgan fingerprint density at radius 3 is 2.56 bits per heavy atom. The predicted octanol–water partition coefficient (Wildman–Crippen LogP) is 4.96. The van der Waals surface area contributed by atoms with Crippen LogP contribution in [-0.2, 0) is 16.0 Å². The van der Waals surface area contributed by atoms with E-state index in [1.165, 1.54) is 18.6 Å². The van der Waals surface area contributed by atoms with Gasteiger partial charge in [-0.15, -0.1) is 0 Å². The minimum absolute atomic E-state index is 0.0996. The van der Waals surface area contributed by atoms with E-state index in [1.807, 2.05) is 24.1 Å². The quantitative estimate of drug-likeness (QED) is 0.735. The summed E-state index contributed by atoms with van der Waals surface area (Å²) in [5, 5.41) is 2.97. The van der Waals surface area contributed by atoms with Crippen molar-refractivity contribution in [3.8, 4) is 0 Å². The maximum Gasteiger partial charge on any atom is 0.229 e. The average molecular weight is 438 g/mol. The van der Waals surface area contributed by atoms with Crippen LogP contribution in [0.15, 0.2) is 42.6 Å². The van der Waals surface area contributed by atoms with Crippen LogP contribution in [-0.4, -0.2) is 35.3 Å². The average Bonchev–Trinajstić information content (AvgIpc) is 2.75. The Hall–Kier alpha value is -2.76. The highest BCUT2D eigenvalue weighted by atomic mass is 19.1. The molecule has 170 valence electrons. The number of nitrogens with one attached hydrogen (secondary N) is 1. The summed E-state index contributed by atoms with van der Waals surface area (Å²) < 4.78 is 13.4. The lowest BCUT2D eigenvalue weighted by Gasteiger charge is -2.46. The van der Waals surface area contributed by atoms with Gasteiger partial charge < -0.3 is 10.2 Å². The van der Waals surface area contributed by atoms with E-state index in [0.29, 0.717) is 25.2 Å². The largest absolute Gasteiger partial charge is 0.345 e. The standard InChI is InChI=1S/C26H32FN3O2/c1-30-15-12-22(26(25(30)32)13-5-3-2-4-6-14-26)24(31)29-23-11-10-20(18-28-23)16-19-8-7-9-21(27)17-19/h7-11,17-18,22H,2-6,12-16H2,1H3,(H,28,29,31). The van der Waals surface area contributed by atoms with Crippen molar-refractivity contribution >= 4 is 17.6 Å². The van der Waals surface area contributed by atoms with E-state index < -0.39 is 5.41 Å². The Morgan fingerprint density at radius 2 is 1.88 bits per heavy atom. The van der Waals surface area contributed by atoms with Gasteiger partial charge in [0.05, 0.1) is 11.3 Å². The van der Waals surface area contributed by atoms with E-state index in [9.17, 15) is 14.0 Å². The molecule has 2 aromatic rings. The molecule has 1 aliphatic heterocycles. The van der Waals surface area contributed by atoms with Crippen molar-refractivity contribution in [1.82, 2.24) is 9.88 Å². The van der Waals surface area contributed by atoms with E-state index in [-0.39, 0.29) is 23.5 Å². The van der Waals surface area contributed by atoms with Crippen molar-refractivity contribution in [3.63, 3.8) is 0 Å². The third kappa shape index (κ3) is 4.84. The highest BCUT2D eigenvalue weighted by molar-refractivity contribution is 5.97. The van der Waals surface area contributed by atoms with Gasteiger partial charge in [0.1, 0.15) is 11.6 Å². The number of amides is 2. The topological polar surface area (TPSA) is 62.3 Å². The molecule has 1 unspecified atom stereocenters. The third-order valence-electron chi connectivity index (χ3n) is 7.13. The summed E-state index contributed by atoms with van der Waals surface area (Å²) >= 11 is 0. The van der Waals surface area contributed by atoms with Crippen LogP contribution in [0.2, 0.25) is 0 Å². The molecule has 2 fully saturated rings. The fourth-order valence-electron chi connectivity index (χ4n) is 5.41. The van der Waals surface area contributed by atoms with Crippen molar-refractivity contribution in [2.24, 2.45) is 11.3 Å². The van der Waals surface area contributed by atoms with Crippen LogP contribution < -0.4 is 5.32 Å². The third-order valence-corrected chi connectivity index (χ3v) is 7.13. The first kappa shape index (κ1) is 22.4. The minimum atomic E-state index is -0.588. The number of pyridine rings is 1. The van der Waals surface area contributed by atoms with Gasteiger partial charge in [0.25, 0.3) is 0 Å². The first-order chi connectivity index (χ1) is 15.5. The lowest BCUT2D eigenvalue weighted by molar-refractivity contribution is -0.156. The number of hydrogen-bond donors (Lipinski definition) is 1. The highest BCUT2D eigenvalue weighted by Crippen LogP contribution is 2.46. The molecular formula is C26H32FN3O2. The van der Waals surface area contributed by atoms with Crippen LogP contribution in [0.4, 0.5) is 10.2 Å². The Bertz CT molecular complexity index is 952. The number of hydrogen-bond acceptors (Lipinski definition) is 3. The number of aromatic nitrogens is 1. The smallest absolute Gasteiger partial charge is 0.229 e. The number of carbonyl (C=O) groups is 2. The second kappa shape index (κ2) is 9.80. The number of piperidine rings is 1. The molecule has 0 bridgehead atoms. The molecule has 1 saturated carbocycles. The fraction of sp³-hybridized carbons (Fsp3) is 0.500. The predicted molar refractivity (Wildman–Crippen MR) is 123 cm³/mol. The Kier molecular flexibility index (Phi) is 6.87. The van der Waals surface area contributed by atoms with Crippen molar-refractivity contribution in [2.75, 3.05) is 18.9 Å². The summed E-state index contributed by atoms with van der Waals surface area (Å²) in [7, 11) is 1.86. The van der Waals surface area contributed by atoms with Gasteiger partial charge in [-0.25, -0.2) is 9.37 Å². The van der Waals surface area contributed by atoms with Crippen molar-refractivity contribution in [3.05, 3.63) is 59.5 Å². The van der Waals surface area contributed by atoms with Gasteiger partial charge in [-0.1, -0.05) is 50.3 Å². The number of anilines is 1. The highest BCUT2D eigenvalue weighted by Gasteiger charge is 2.51. The van der Waals surface area contributed by atoms with Crippen LogP contribution in [0.1, 0.15) is 62.5 Å². The van der Waals surface area contributed by atoms with Crippen molar-refractivity contribution in [1.29, 1.82) is 0 Å². The molecule has 1 aromatic carbocycles. The number of likely N-dealkylation sites (tertiary alicyclic amines) is 1. The maximum atomic E-state index is 13.4. The molecular weight excluding hydrogens is 405 g/mol. The molecule has 4 rings (SSSR count). The van der Waals surface area contributed by atoms with Gasteiger partial charge in [-0.2, -0.15) is 0 Å². The van der Waals surface area contributed by atoms with Crippen molar-refractivity contribution < 1.29 is 14.0 Å². The second-order valence-corrected chi connectivity index (χ2v) is 9.34. The molecule has 1 N–H and O–H groups in total. The molecule has 32 heavy (non-hydrogen) atoms. The normalized spacial score (nSPS) is 21.1. The maximum absolute atomic E-state index is 13.4.